The maximum atomic E-state index is 11.0. The number of hydrogen-bond acceptors (Lipinski definition) is 6. The van der Waals surface area contributed by atoms with Crippen LogP contribution < -0.4 is 4.74 Å². The zero-order valence-corrected chi connectivity index (χ0v) is 15.3. The summed E-state index contributed by atoms with van der Waals surface area (Å²) in [4.78, 5) is 10.6. The first-order chi connectivity index (χ1) is 12.6. The van der Waals surface area contributed by atoms with Gasteiger partial charge in [0.05, 0.1) is 18.6 Å². The quantitative estimate of drug-likeness (QED) is 0.357. The van der Waals surface area contributed by atoms with E-state index in [1.54, 1.807) is 13.2 Å². The van der Waals surface area contributed by atoms with E-state index in [0.717, 1.165) is 22.1 Å². The summed E-state index contributed by atoms with van der Waals surface area (Å²) in [5.41, 5.74) is 1.95. The number of hydrogen-bond donors (Lipinski definition) is 0. The molecule has 134 valence electrons. The van der Waals surface area contributed by atoms with Crippen LogP contribution in [0.4, 0.5) is 5.69 Å². The molecule has 8 heteroatoms. The van der Waals surface area contributed by atoms with Crippen LogP contribution in [0.5, 0.6) is 5.75 Å². The molecule has 1 heterocycles. The van der Waals surface area contributed by atoms with Crippen molar-refractivity contribution < 1.29 is 9.66 Å². The predicted molar refractivity (Wildman–Crippen MR) is 99.5 cm³/mol. The average molecular weight is 370 g/mol. The number of benzene rings is 2. The molecule has 0 aliphatic carbocycles. The van der Waals surface area contributed by atoms with Gasteiger partial charge in [-0.25, -0.2) is 0 Å². The topological polar surface area (TPSA) is 83.1 Å². The molecule has 0 radical (unpaired) electrons. The fourth-order valence-electron chi connectivity index (χ4n) is 2.55. The first kappa shape index (κ1) is 17.9. The van der Waals surface area contributed by atoms with Gasteiger partial charge >= 0.3 is 0 Å². The Balaban J connectivity index is 1.80. The summed E-state index contributed by atoms with van der Waals surface area (Å²) in [5.74, 6) is 1.94. The molecule has 3 rings (SSSR count). The summed E-state index contributed by atoms with van der Waals surface area (Å²) in [6.45, 7) is 2.59. The standard InChI is InChI=1S/C18H18N4O3S/c1-13-19-20-18(21(13)11-14-6-4-3-5-7-14)26-12-15-10-16(22(23)24)8-9-17(15)25-2/h3-10H,11-12H2,1-2H3. The third kappa shape index (κ3) is 4.02. The molecule has 0 atom stereocenters. The van der Waals surface area contributed by atoms with E-state index >= 15 is 0 Å². The van der Waals surface area contributed by atoms with Gasteiger partial charge in [-0.2, -0.15) is 0 Å². The van der Waals surface area contributed by atoms with Gasteiger partial charge in [0.2, 0.25) is 0 Å². The van der Waals surface area contributed by atoms with Crippen molar-refractivity contribution in [1.82, 2.24) is 14.8 Å². The Hall–Kier alpha value is -2.87. The van der Waals surface area contributed by atoms with Gasteiger partial charge in [-0.15, -0.1) is 10.2 Å². The highest BCUT2D eigenvalue weighted by atomic mass is 32.2. The Morgan fingerprint density at radius 1 is 1.19 bits per heavy atom. The van der Waals surface area contributed by atoms with Gasteiger partial charge in [-0.3, -0.25) is 10.1 Å². The summed E-state index contributed by atoms with van der Waals surface area (Å²) in [6.07, 6.45) is 0. The van der Waals surface area contributed by atoms with E-state index in [9.17, 15) is 10.1 Å². The summed E-state index contributed by atoms with van der Waals surface area (Å²) < 4.78 is 7.35. The normalized spacial score (nSPS) is 10.7. The van der Waals surface area contributed by atoms with Crippen molar-refractivity contribution in [2.75, 3.05) is 7.11 Å². The minimum absolute atomic E-state index is 0.0448. The molecule has 7 nitrogen and oxygen atoms in total. The smallest absolute Gasteiger partial charge is 0.270 e. The number of thioether (sulfide) groups is 1. The van der Waals surface area contributed by atoms with Crippen molar-refractivity contribution >= 4 is 17.4 Å². The first-order valence-corrected chi connectivity index (χ1v) is 8.95. The molecule has 3 aromatic rings. The molecule has 0 fully saturated rings. The highest BCUT2D eigenvalue weighted by Crippen LogP contribution is 2.30. The van der Waals surface area contributed by atoms with Crippen LogP contribution in [0.15, 0.2) is 53.7 Å². The molecule has 0 spiro atoms. The maximum absolute atomic E-state index is 11.0. The fraction of sp³-hybridized carbons (Fsp3) is 0.222. The third-order valence-corrected chi connectivity index (χ3v) is 4.93. The second kappa shape index (κ2) is 8.01. The molecule has 0 bridgehead atoms. The van der Waals surface area contributed by atoms with Gasteiger partial charge in [-0.1, -0.05) is 42.1 Å². The molecule has 0 N–H and O–H groups in total. The van der Waals surface area contributed by atoms with Crippen LogP contribution in [-0.2, 0) is 12.3 Å². The molecule has 2 aromatic carbocycles. The molecular weight excluding hydrogens is 352 g/mol. The summed E-state index contributed by atoms with van der Waals surface area (Å²) in [7, 11) is 1.55. The lowest BCUT2D eigenvalue weighted by molar-refractivity contribution is -0.384. The monoisotopic (exact) mass is 370 g/mol. The number of aryl methyl sites for hydroxylation is 1. The number of nitrogens with zero attached hydrogens (tertiary/aromatic N) is 4. The molecule has 0 aliphatic heterocycles. The van der Waals surface area contributed by atoms with Gasteiger partial charge in [0.1, 0.15) is 11.6 Å². The Morgan fingerprint density at radius 2 is 1.96 bits per heavy atom. The highest BCUT2D eigenvalue weighted by molar-refractivity contribution is 7.98. The van der Waals surface area contributed by atoms with E-state index in [4.69, 9.17) is 4.74 Å². The zero-order valence-electron chi connectivity index (χ0n) is 14.5. The molecular formula is C18H18N4O3S. The van der Waals surface area contributed by atoms with Gasteiger partial charge in [0, 0.05) is 23.4 Å². The van der Waals surface area contributed by atoms with Gasteiger partial charge < -0.3 is 9.30 Å². The van der Waals surface area contributed by atoms with Crippen LogP contribution in [0.25, 0.3) is 0 Å². The van der Waals surface area contributed by atoms with Gasteiger partial charge in [0.15, 0.2) is 5.16 Å². The molecule has 0 amide bonds. The van der Waals surface area contributed by atoms with E-state index in [-0.39, 0.29) is 5.69 Å². The first-order valence-electron chi connectivity index (χ1n) is 7.96. The van der Waals surface area contributed by atoms with Crippen LogP contribution in [0.3, 0.4) is 0 Å². The second-order valence-electron chi connectivity index (χ2n) is 5.64. The molecule has 26 heavy (non-hydrogen) atoms. The van der Waals surface area contributed by atoms with Crippen molar-refractivity contribution in [3.63, 3.8) is 0 Å². The Labute approximate surface area is 155 Å². The molecule has 1 aromatic heterocycles. The largest absolute Gasteiger partial charge is 0.496 e. The number of non-ortho nitro benzene ring substituents is 1. The number of ether oxygens (including phenoxy) is 1. The molecule has 0 saturated carbocycles. The van der Waals surface area contributed by atoms with E-state index < -0.39 is 4.92 Å². The lowest BCUT2D eigenvalue weighted by Crippen LogP contribution is -2.04. The number of methoxy groups -OCH3 is 1. The van der Waals surface area contributed by atoms with Gasteiger partial charge in [-0.05, 0) is 18.6 Å². The van der Waals surface area contributed by atoms with Gasteiger partial charge in [0.25, 0.3) is 5.69 Å². The summed E-state index contributed by atoms with van der Waals surface area (Å²) >= 11 is 1.48. The SMILES string of the molecule is COc1ccc([N+](=O)[O-])cc1CSc1nnc(C)n1Cc1ccccc1. The minimum Gasteiger partial charge on any atom is -0.496 e. The van der Waals surface area contributed by atoms with Crippen LogP contribution in [-0.4, -0.2) is 26.8 Å². The Bertz CT molecular complexity index is 912. The van der Waals surface area contributed by atoms with Crippen LogP contribution in [0.1, 0.15) is 17.0 Å². The number of rotatable bonds is 7. The van der Waals surface area contributed by atoms with E-state index in [0.29, 0.717) is 18.0 Å². The predicted octanol–water partition coefficient (Wildman–Crippen LogP) is 3.84. The Kier molecular flexibility index (Phi) is 5.52. The minimum atomic E-state index is -0.407. The van der Waals surface area contributed by atoms with Crippen molar-refractivity contribution in [2.45, 2.75) is 24.4 Å². The maximum Gasteiger partial charge on any atom is 0.270 e. The number of aromatic nitrogens is 3. The highest BCUT2D eigenvalue weighted by Gasteiger charge is 2.15. The summed E-state index contributed by atoms with van der Waals surface area (Å²) in [5, 5.41) is 20.2. The lowest BCUT2D eigenvalue weighted by Gasteiger charge is -2.10. The van der Waals surface area contributed by atoms with Crippen LogP contribution >= 0.6 is 11.8 Å². The lowest BCUT2D eigenvalue weighted by atomic mass is 10.2. The number of nitro groups is 1. The van der Waals surface area contributed by atoms with E-state index in [2.05, 4.69) is 22.3 Å². The third-order valence-electron chi connectivity index (χ3n) is 3.92. The van der Waals surface area contributed by atoms with E-state index in [1.807, 2.05) is 29.7 Å². The van der Waals surface area contributed by atoms with Crippen molar-refractivity contribution in [1.29, 1.82) is 0 Å². The molecule has 0 aliphatic rings. The van der Waals surface area contributed by atoms with Crippen molar-refractivity contribution in [3.8, 4) is 5.75 Å². The second-order valence-corrected chi connectivity index (χ2v) is 6.59. The summed E-state index contributed by atoms with van der Waals surface area (Å²) in [6, 6.07) is 14.7. The van der Waals surface area contributed by atoms with Crippen molar-refractivity contribution in [2.24, 2.45) is 0 Å². The fourth-order valence-corrected chi connectivity index (χ4v) is 3.51. The number of nitro benzene ring substituents is 1. The van der Waals surface area contributed by atoms with E-state index in [1.165, 1.54) is 23.9 Å². The Morgan fingerprint density at radius 3 is 2.65 bits per heavy atom. The molecule has 0 unspecified atom stereocenters. The molecule has 0 saturated heterocycles. The van der Waals surface area contributed by atoms with Crippen LogP contribution in [0.2, 0.25) is 0 Å². The van der Waals surface area contributed by atoms with Crippen molar-refractivity contribution in [3.05, 3.63) is 75.6 Å². The van der Waals surface area contributed by atoms with Crippen LogP contribution in [0, 0.1) is 17.0 Å². The average Bonchev–Trinajstić information content (AvgIpc) is 3.00. The zero-order chi connectivity index (χ0) is 18.5.